The first kappa shape index (κ1) is 18.8. The Morgan fingerprint density at radius 2 is 2.19 bits per heavy atom. The number of likely N-dealkylation sites (tertiary alicyclic amines) is 1. The van der Waals surface area contributed by atoms with Gasteiger partial charge in [0.2, 0.25) is 5.91 Å². The van der Waals surface area contributed by atoms with Gasteiger partial charge in [-0.25, -0.2) is 4.98 Å². The molecule has 1 N–H and O–H groups in total. The van der Waals surface area contributed by atoms with Crippen LogP contribution < -0.4 is 5.32 Å². The predicted molar refractivity (Wildman–Crippen MR) is 108 cm³/mol. The Kier molecular flexibility index (Phi) is 6.97. The normalized spacial score (nSPS) is 18.7. The van der Waals surface area contributed by atoms with Gasteiger partial charge in [0, 0.05) is 24.5 Å². The van der Waals surface area contributed by atoms with Crippen LogP contribution in [0.3, 0.4) is 0 Å². The zero-order valence-electron chi connectivity index (χ0n) is 15.4. The summed E-state index contributed by atoms with van der Waals surface area (Å²) in [4.78, 5) is 19.1. The third-order valence-corrected chi connectivity index (χ3v) is 5.42. The van der Waals surface area contributed by atoms with Crippen molar-refractivity contribution in [2.24, 2.45) is 0 Å². The van der Waals surface area contributed by atoms with Gasteiger partial charge in [0.15, 0.2) is 0 Å². The van der Waals surface area contributed by atoms with E-state index in [1.54, 1.807) is 11.3 Å². The molecule has 2 heterocycles. The highest BCUT2D eigenvalue weighted by molar-refractivity contribution is 7.09. The largest absolute Gasteiger partial charge is 0.352 e. The fraction of sp³-hybridized carbons (Fsp3) is 0.429. The van der Waals surface area contributed by atoms with E-state index in [2.05, 4.69) is 51.6 Å². The number of rotatable bonds is 6. The molecule has 1 aliphatic rings. The first-order valence-corrected chi connectivity index (χ1v) is 10.2. The SMILES string of the molecule is Cc1nc(CC(=O)N[C@H]2CCCCN(C/C=C/c3ccccc3)C2)cs1. The van der Waals surface area contributed by atoms with Crippen molar-refractivity contribution in [1.29, 1.82) is 0 Å². The van der Waals surface area contributed by atoms with Gasteiger partial charge in [-0.2, -0.15) is 0 Å². The molecule has 0 spiro atoms. The minimum atomic E-state index is 0.0852. The Morgan fingerprint density at radius 3 is 2.96 bits per heavy atom. The van der Waals surface area contributed by atoms with E-state index in [4.69, 9.17) is 0 Å². The van der Waals surface area contributed by atoms with Gasteiger partial charge in [-0.3, -0.25) is 9.69 Å². The van der Waals surface area contributed by atoms with Crippen LogP contribution in [0.1, 0.15) is 35.5 Å². The van der Waals surface area contributed by atoms with E-state index in [9.17, 15) is 4.79 Å². The molecule has 0 unspecified atom stereocenters. The van der Waals surface area contributed by atoms with Crippen LogP contribution in [0, 0.1) is 6.92 Å². The fourth-order valence-corrected chi connectivity index (χ4v) is 3.95. The van der Waals surface area contributed by atoms with E-state index in [-0.39, 0.29) is 11.9 Å². The Morgan fingerprint density at radius 1 is 1.35 bits per heavy atom. The van der Waals surface area contributed by atoms with Crippen molar-refractivity contribution < 1.29 is 4.79 Å². The van der Waals surface area contributed by atoms with Gasteiger partial charge >= 0.3 is 0 Å². The molecule has 1 aliphatic heterocycles. The topological polar surface area (TPSA) is 45.2 Å². The molecule has 0 saturated carbocycles. The number of aryl methyl sites for hydroxylation is 1. The number of carbonyl (C=O) groups is 1. The minimum absolute atomic E-state index is 0.0852. The third kappa shape index (κ3) is 6.07. The van der Waals surface area contributed by atoms with Gasteiger partial charge < -0.3 is 5.32 Å². The summed E-state index contributed by atoms with van der Waals surface area (Å²) in [5.41, 5.74) is 2.10. The molecule has 1 atom stereocenters. The summed E-state index contributed by atoms with van der Waals surface area (Å²) in [5.74, 6) is 0.0852. The summed E-state index contributed by atoms with van der Waals surface area (Å²) in [6, 6.07) is 10.6. The van der Waals surface area contributed by atoms with Crippen LogP contribution in [0.5, 0.6) is 0 Å². The molecule has 26 heavy (non-hydrogen) atoms. The molecular weight excluding hydrogens is 342 g/mol. The van der Waals surface area contributed by atoms with Crippen molar-refractivity contribution >= 4 is 23.3 Å². The van der Waals surface area contributed by atoms with Gasteiger partial charge in [-0.05, 0) is 31.9 Å². The predicted octanol–water partition coefficient (Wildman–Crippen LogP) is 3.68. The standard InChI is InChI=1S/C21H27N3OS/c1-17-22-20(16-26-17)14-21(25)23-19-11-5-6-12-24(15-19)13-7-10-18-8-3-2-4-9-18/h2-4,7-10,16,19H,5-6,11-15H2,1H3,(H,23,25)/b10-7+/t19-/m0/s1. The summed E-state index contributed by atoms with van der Waals surface area (Å²) in [7, 11) is 0. The number of nitrogens with zero attached hydrogens (tertiary/aromatic N) is 2. The Balaban J connectivity index is 1.48. The molecule has 1 aromatic carbocycles. The van der Waals surface area contributed by atoms with E-state index < -0.39 is 0 Å². The van der Waals surface area contributed by atoms with Crippen molar-refractivity contribution in [2.75, 3.05) is 19.6 Å². The summed E-state index contributed by atoms with van der Waals surface area (Å²) < 4.78 is 0. The number of amides is 1. The maximum atomic E-state index is 12.3. The molecule has 0 radical (unpaired) electrons. The monoisotopic (exact) mass is 369 g/mol. The molecule has 1 aromatic heterocycles. The fourth-order valence-electron chi connectivity index (χ4n) is 3.34. The quantitative estimate of drug-likeness (QED) is 0.845. The molecule has 0 bridgehead atoms. The first-order chi connectivity index (χ1) is 12.7. The number of carbonyl (C=O) groups excluding carboxylic acids is 1. The summed E-state index contributed by atoms with van der Waals surface area (Å²) >= 11 is 1.60. The molecule has 1 amide bonds. The highest BCUT2D eigenvalue weighted by Gasteiger charge is 2.19. The minimum Gasteiger partial charge on any atom is -0.352 e. The van der Waals surface area contributed by atoms with Crippen LogP contribution in [-0.4, -0.2) is 41.5 Å². The van der Waals surface area contributed by atoms with Crippen molar-refractivity contribution in [3.63, 3.8) is 0 Å². The highest BCUT2D eigenvalue weighted by atomic mass is 32.1. The van der Waals surface area contributed by atoms with Crippen LogP contribution in [0.15, 0.2) is 41.8 Å². The third-order valence-electron chi connectivity index (χ3n) is 4.60. The van der Waals surface area contributed by atoms with Crippen molar-refractivity contribution in [3.05, 3.63) is 58.1 Å². The number of thiazole rings is 1. The second kappa shape index (κ2) is 9.64. The average molecular weight is 370 g/mol. The lowest BCUT2D eigenvalue weighted by atomic mass is 10.1. The van der Waals surface area contributed by atoms with E-state index >= 15 is 0 Å². The number of hydrogen-bond acceptors (Lipinski definition) is 4. The molecule has 1 fully saturated rings. The lowest BCUT2D eigenvalue weighted by Crippen LogP contribution is -2.43. The zero-order chi connectivity index (χ0) is 18.2. The number of hydrogen-bond donors (Lipinski definition) is 1. The summed E-state index contributed by atoms with van der Waals surface area (Å²) in [5, 5.41) is 6.20. The summed E-state index contributed by atoms with van der Waals surface area (Å²) in [6.45, 7) is 4.91. The molecule has 2 aromatic rings. The van der Waals surface area contributed by atoms with Crippen LogP contribution in [0.2, 0.25) is 0 Å². The van der Waals surface area contributed by atoms with E-state index in [0.717, 1.165) is 36.8 Å². The van der Waals surface area contributed by atoms with Gasteiger partial charge in [0.05, 0.1) is 17.1 Å². The highest BCUT2D eigenvalue weighted by Crippen LogP contribution is 2.13. The lowest BCUT2D eigenvalue weighted by Gasteiger charge is -2.23. The van der Waals surface area contributed by atoms with E-state index in [1.807, 2.05) is 18.4 Å². The Bertz CT molecular complexity index is 726. The average Bonchev–Trinajstić information content (AvgIpc) is 2.90. The summed E-state index contributed by atoms with van der Waals surface area (Å²) in [6.07, 6.45) is 8.19. The van der Waals surface area contributed by atoms with Crippen LogP contribution in [-0.2, 0) is 11.2 Å². The maximum Gasteiger partial charge on any atom is 0.226 e. The second-order valence-corrected chi connectivity index (χ2v) is 7.93. The first-order valence-electron chi connectivity index (χ1n) is 9.33. The van der Waals surface area contributed by atoms with E-state index in [0.29, 0.717) is 6.42 Å². The number of benzene rings is 1. The molecular formula is C21H27N3OS. The molecule has 5 heteroatoms. The molecule has 0 aliphatic carbocycles. The molecule has 1 saturated heterocycles. The Hall–Kier alpha value is -1.98. The van der Waals surface area contributed by atoms with Gasteiger partial charge in [0.25, 0.3) is 0 Å². The van der Waals surface area contributed by atoms with E-state index in [1.165, 1.54) is 18.4 Å². The second-order valence-electron chi connectivity index (χ2n) is 6.87. The molecule has 4 nitrogen and oxygen atoms in total. The van der Waals surface area contributed by atoms with Crippen LogP contribution in [0.25, 0.3) is 6.08 Å². The molecule has 3 rings (SSSR count). The van der Waals surface area contributed by atoms with Crippen molar-refractivity contribution in [1.82, 2.24) is 15.2 Å². The zero-order valence-corrected chi connectivity index (χ0v) is 16.2. The van der Waals surface area contributed by atoms with Gasteiger partial charge in [-0.15, -0.1) is 11.3 Å². The lowest BCUT2D eigenvalue weighted by molar-refractivity contribution is -0.121. The number of aromatic nitrogens is 1. The Labute approximate surface area is 160 Å². The smallest absolute Gasteiger partial charge is 0.226 e. The van der Waals surface area contributed by atoms with Crippen LogP contribution >= 0.6 is 11.3 Å². The van der Waals surface area contributed by atoms with Gasteiger partial charge in [-0.1, -0.05) is 48.9 Å². The van der Waals surface area contributed by atoms with Crippen LogP contribution in [0.4, 0.5) is 0 Å². The number of nitrogens with one attached hydrogen (secondary N) is 1. The maximum absolute atomic E-state index is 12.3. The molecule has 138 valence electrons. The van der Waals surface area contributed by atoms with Crippen molar-refractivity contribution in [2.45, 2.75) is 38.6 Å². The van der Waals surface area contributed by atoms with Gasteiger partial charge in [0.1, 0.15) is 0 Å². The van der Waals surface area contributed by atoms with Crippen molar-refractivity contribution in [3.8, 4) is 0 Å².